The van der Waals surface area contributed by atoms with Gasteiger partial charge in [0.05, 0.1) is 18.3 Å². The van der Waals surface area contributed by atoms with Crippen molar-refractivity contribution < 1.29 is 4.79 Å². The summed E-state index contributed by atoms with van der Waals surface area (Å²) in [5.41, 5.74) is 6.26. The highest BCUT2D eigenvalue weighted by Crippen LogP contribution is 2.26. The quantitative estimate of drug-likeness (QED) is 0.845. The number of nitrogens with two attached hydrogens (primary N) is 1. The van der Waals surface area contributed by atoms with Crippen molar-refractivity contribution in [1.82, 2.24) is 35.1 Å². The Hall–Kier alpha value is -2.29. The molecular weight excluding hydrogens is 320 g/mol. The number of aromatic nitrogens is 6. The minimum atomic E-state index is -0.268. The summed E-state index contributed by atoms with van der Waals surface area (Å²) in [6.07, 6.45) is 7.30. The van der Waals surface area contributed by atoms with Crippen LogP contribution in [0.15, 0.2) is 12.5 Å². The Morgan fingerprint density at radius 2 is 1.96 bits per heavy atom. The average molecular weight is 346 g/mol. The highest BCUT2D eigenvalue weighted by atomic mass is 16.2. The topological polar surface area (TPSA) is 117 Å². The van der Waals surface area contributed by atoms with Crippen molar-refractivity contribution in [2.45, 2.75) is 70.6 Å². The average Bonchev–Trinajstić information content (AvgIpc) is 3.25. The number of nitrogens with one attached hydrogen (secondary N) is 1. The van der Waals surface area contributed by atoms with Gasteiger partial charge >= 0.3 is 0 Å². The molecule has 0 aliphatic heterocycles. The number of carbonyl (C=O) groups is 1. The summed E-state index contributed by atoms with van der Waals surface area (Å²) in [7, 11) is 0. The van der Waals surface area contributed by atoms with Crippen molar-refractivity contribution in [3.8, 4) is 0 Å². The molecule has 1 amide bonds. The number of hydrogen-bond acceptors (Lipinski definition) is 6. The number of amides is 1. The van der Waals surface area contributed by atoms with Crippen LogP contribution in [0.1, 0.15) is 80.9 Å². The summed E-state index contributed by atoms with van der Waals surface area (Å²) < 4.78 is 3.73. The first-order valence-corrected chi connectivity index (χ1v) is 8.83. The van der Waals surface area contributed by atoms with Crippen LogP contribution in [0.25, 0.3) is 0 Å². The first-order valence-electron chi connectivity index (χ1n) is 8.83. The minimum Gasteiger partial charge on any atom is -0.341 e. The second-order valence-electron chi connectivity index (χ2n) is 7.04. The molecule has 2 aromatic heterocycles. The van der Waals surface area contributed by atoms with E-state index in [1.807, 2.05) is 25.3 Å². The van der Waals surface area contributed by atoms with Crippen LogP contribution in [0.4, 0.5) is 0 Å². The summed E-state index contributed by atoms with van der Waals surface area (Å²) in [4.78, 5) is 12.5. The van der Waals surface area contributed by atoms with E-state index in [0.29, 0.717) is 5.69 Å². The maximum atomic E-state index is 12.5. The van der Waals surface area contributed by atoms with Gasteiger partial charge < -0.3 is 15.6 Å². The van der Waals surface area contributed by atoms with E-state index in [1.54, 1.807) is 17.2 Å². The molecule has 1 unspecified atom stereocenters. The van der Waals surface area contributed by atoms with Crippen molar-refractivity contribution in [2.24, 2.45) is 5.73 Å². The molecule has 1 fully saturated rings. The van der Waals surface area contributed by atoms with Gasteiger partial charge in [-0.15, -0.1) is 15.3 Å². The fourth-order valence-corrected chi connectivity index (χ4v) is 3.22. The third-order valence-corrected chi connectivity index (χ3v) is 4.75. The lowest BCUT2D eigenvalue weighted by molar-refractivity contribution is 0.0932. The molecule has 0 spiro atoms. The van der Waals surface area contributed by atoms with Gasteiger partial charge in [-0.3, -0.25) is 4.79 Å². The SMILES string of the molecule is CC(NC(=O)c1cn(C2CCC(N)CC2)nn1)c1nncn1C(C)C. The minimum absolute atomic E-state index is 0.225. The first kappa shape index (κ1) is 17.5. The Labute approximate surface area is 147 Å². The van der Waals surface area contributed by atoms with Gasteiger partial charge in [0.25, 0.3) is 5.91 Å². The van der Waals surface area contributed by atoms with E-state index in [0.717, 1.165) is 31.5 Å². The van der Waals surface area contributed by atoms with Crippen LogP contribution in [0.3, 0.4) is 0 Å². The Morgan fingerprint density at radius 3 is 2.64 bits per heavy atom. The summed E-state index contributed by atoms with van der Waals surface area (Å²) in [5.74, 6) is 0.460. The molecule has 3 rings (SSSR count). The van der Waals surface area contributed by atoms with Crippen molar-refractivity contribution in [3.05, 3.63) is 24.0 Å². The Morgan fingerprint density at radius 1 is 1.24 bits per heavy atom. The van der Waals surface area contributed by atoms with Crippen molar-refractivity contribution in [1.29, 1.82) is 0 Å². The van der Waals surface area contributed by atoms with E-state index in [9.17, 15) is 4.79 Å². The summed E-state index contributed by atoms with van der Waals surface area (Å²) in [6, 6.07) is 0.509. The maximum absolute atomic E-state index is 12.5. The molecule has 136 valence electrons. The lowest BCUT2D eigenvalue weighted by Crippen LogP contribution is -2.29. The molecule has 2 aromatic rings. The van der Waals surface area contributed by atoms with Gasteiger partial charge in [0.1, 0.15) is 6.33 Å². The monoisotopic (exact) mass is 346 g/mol. The van der Waals surface area contributed by atoms with Crippen LogP contribution in [0, 0.1) is 0 Å². The van der Waals surface area contributed by atoms with Crippen molar-refractivity contribution in [2.75, 3.05) is 0 Å². The van der Waals surface area contributed by atoms with Gasteiger partial charge in [0.15, 0.2) is 11.5 Å². The van der Waals surface area contributed by atoms with E-state index in [2.05, 4.69) is 25.8 Å². The third kappa shape index (κ3) is 3.87. The van der Waals surface area contributed by atoms with Crippen LogP contribution in [-0.4, -0.2) is 41.7 Å². The lowest BCUT2D eigenvalue weighted by Gasteiger charge is -2.25. The van der Waals surface area contributed by atoms with Gasteiger partial charge in [-0.2, -0.15) is 0 Å². The second-order valence-corrected chi connectivity index (χ2v) is 7.04. The van der Waals surface area contributed by atoms with E-state index in [-0.39, 0.29) is 30.1 Å². The molecule has 0 radical (unpaired) electrons. The highest BCUT2D eigenvalue weighted by molar-refractivity contribution is 5.92. The summed E-state index contributed by atoms with van der Waals surface area (Å²) >= 11 is 0. The lowest BCUT2D eigenvalue weighted by atomic mass is 9.92. The smallest absolute Gasteiger partial charge is 0.274 e. The molecule has 0 saturated heterocycles. The molecule has 1 aliphatic rings. The van der Waals surface area contributed by atoms with E-state index in [4.69, 9.17) is 5.73 Å². The first-order chi connectivity index (χ1) is 12.0. The number of nitrogens with zero attached hydrogens (tertiary/aromatic N) is 6. The molecule has 1 atom stereocenters. The molecule has 2 heterocycles. The van der Waals surface area contributed by atoms with E-state index < -0.39 is 0 Å². The molecule has 0 bridgehead atoms. The Kier molecular flexibility index (Phi) is 5.12. The normalized spacial score (nSPS) is 22.1. The molecule has 1 aliphatic carbocycles. The fraction of sp³-hybridized carbons (Fsp3) is 0.688. The van der Waals surface area contributed by atoms with E-state index in [1.165, 1.54) is 0 Å². The summed E-state index contributed by atoms with van der Waals surface area (Å²) in [5, 5.41) is 19.1. The standard InChI is InChI=1S/C16H26N8O/c1-10(2)23-9-18-21-15(23)11(3)19-16(25)14-8-24(22-20-14)13-6-4-12(17)5-7-13/h8-13H,4-7,17H2,1-3H3,(H,19,25). The molecule has 0 aromatic carbocycles. The predicted octanol–water partition coefficient (Wildman–Crippen LogP) is 1.38. The molecular formula is C16H26N8O. The molecule has 9 nitrogen and oxygen atoms in total. The van der Waals surface area contributed by atoms with Crippen LogP contribution in [-0.2, 0) is 0 Å². The largest absolute Gasteiger partial charge is 0.341 e. The van der Waals surface area contributed by atoms with Gasteiger partial charge in [0, 0.05) is 12.1 Å². The van der Waals surface area contributed by atoms with Crippen molar-refractivity contribution >= 4 is 5.91 Å². The summed E-state index contributed by atoms with van der Waals surface area (Å²) in [6.45, 7) is 5.97. The molecule has 9 heteroatoms. The zero-order valence-electron chi connectivity index (χ0n) is 15.0. The van der Waals surface area contributed by atoms with E-state index >= 15 is 0 Å². The van der Waals surface area contributed by atoms with Crippen LogP contribution in [0.5, 0.6) is 0 Å². The Balaban J connectivity index is 1.64. The van der Waals surface area contributed by atoms with Crippen LogP contribution < -0.4 is 11.1 Å². The zero-order valence-corrected chi connectivity index (χ0v) is 15.0. The molecule has 3 N–H and O–H groups in total. The van der Waals surface area contributed by atoms with Gasteiger partial charge in [-0.25, -0.2) is 4.68 Å². The van der Waals surface area contributed by atoms with Crippen LogP contribution >= 0.6 is 0 Å². The highest BCUT2D eigenvalue weighted by Gasteiger charge is 2.23. The molecule has 1 saturated carbocycles. The third-order valence-electron chi connectivity index (χ3n) is 4.75. The van der Waals surface area contributed by atoms with Crippen LogP contribution in [0.2, 0.25) is 0 Å². The maximum Gasteiger partial charge on any atom is 0.274 e. The van der Waals surface area contributed by atoms with Crippen molar-refractivity contribution in [3.63, 3.8) is 0 Å². The Bertz CT molecular complexity index is 713. The predicted molar refractivity (Wildman–Crippen MR) is 91.8 cm³/mol. The molecule has 25 heavy (non-hydrogen) atoms. The second kappa shape index (κ2) is 7.30. The fourth-order valence-electron chi connectivity index (χ4n) is 3.22. The number of hydrogen-bond donors (Lipinski definition) is 2. The number of carbonyl (C=O) groups excluding carboxylic acids is 1. The zero-order chi connectivity index (χ0) is 18.0. The van der Waals surface area contributed by atoms with Gasteiger partial charge in [-0.05, 0) is 46.5 Å². The van der Waals surface area contributed by atoms with Gasteiger partial charge in [0.2, 0.25) is 0 Å². The number of rotatable bonds is 5. The van der Waals surface area contributed by atoms with Gasteiger partial charge in [-0.1, -0.05) is 5.21 Å².